The maximum absolute atomic E-state index is 14.1. The monoisotopic (exact) mass is 752 g/mol. The summed E-state index contributed by atoms with van der Waals surface area (Å²) in [6.45, 7) is 15.5. The summed E-state index contributed by atoms with van der Waals surface area (Å²) >= 11 is 0. The Morgan fingerprint density at radius 2 is 0.893 bits per heavy atom. The molecule has 0 unspecified atom stereocenters. The summed E-state index contributed by atoms with van der Waals surface area (Å²) in [6, 6.07) is 22.3. The Hall–Kier alpha value is -5.50. The van der Waals surface area contributed by atoms with Gasteiger partial charge < -0.3 is 19.3 Å². The van der Waals surface area contributed by atoms with E-state index in [4.69, 9.17) is 9.47 Å². The quantitative estimate of drug-likeness (QED) is 0.184. The maximum atomic E-state index is 14.1. The van der Waals surface area contributed by atoms with Gasteiger partial charge >= 0.3 is 11.9 Å². The van der Waals surface area contributed by atoms with Crippen molar-refractivity contribution >= 4 is 34.9 Å². The van der Waals surface area contributed by atoms with Crippen molar-refractivity contribution < 1.29 is 28.7 Å². The van der Waals surface area contributed by atoms with E-state index in [0.29, 0.717) is 48.4 Å². The predicted octanol–water partition coefficient (Wildman–Crippen LogP) is 9.06. The topological polar surface area (TPSA) is 93.2 Å². The number of amides is 2. The molecular weight excluding hydrogens is 701 g/mol. The molecule has 3 aromatic carbocycles. The lowest BCUT2D eigenvalue weighted by atomic mass is 9.58. The normalized spacial score (nSPS) is 23.6. The average molecular weight is 753 g/mol. The van der Waals surface area contributed by atoms with Gasteiger partial charge in [0.1, 0.15) is 0 Å². The molecule has 56 heavy (non-hydrogen) atoms. The van der Waals surface area contributed by atoms with Crippen molar-refractivity contribution in [3.05, 3.63) is 142 Å². The van der Waals surface area contributed by atoms with Crippen LogP contribution in [0.4, 0.5) is 0 Å². The third kappa shape index (κ3) is 6.63. The average Bonchev–Trinajstić information content (AvgIpc) is 3.19. The minimum Gasteiger partial charge on any atom is -0.465 e. The molecular formula is C48H52N2O6. The Balaban J connectivity index is 1.05. The Morgan fingerprint density at radius 3 is 1.25 bits per heavy atom. The SMILES string of the molecule is COC(=O)c1ccc(C2=CC[C@]3(C)CN(C(=O)c4cccc(C(=O)N5CC=C6C(C)(C)C(c7ccc(C(=O)OC)cc7)=CC[C@]6(C)C5)c4)CC=C3C2(C)C)cc1. The molecule has 2 aliphatic heterocycles. The van der Waals surface area contributed by atoms with E-state index in [1.165, 1.54) is 36.5 Å². The molecule has 0 saturated carbocycles. The number of carbonyl (C=O) groups is 4. The standard InChI is InChI=1S/C48H52N2O6/c1-45(2)37(31-12-16-33(17-13-31)43(53)55-7)20-24-47(5)29-49(26-22-39(45)47)41(51)35-10-9-11-36(28-35)42(52)50-27-23-40-46(3,4)38(21-25-48(40,6)30-50)32-14-18-34(19-15-32)44(54)56-8/h9-23,28H,24-27,29-30H2,1-8H3/t47-,48-/m1/s1. The van der Waals surface area contributed by atoms with Crippen LogP contribution in [0, 0.1) is 21.7 Å². The number of rotatable bonds is 6. The number of hydrogen-bond donors (Lipinski definition) is 0. The fraction of sp³-hybridized carbons (Fsp3) is 0.375. The number of benzene rings is 3. The maximum Gasteiger partial charge on any atom is 0.337 e. The first-order chi connectivity index (χ1) is 26.5. The van der Waals surface area contributed by atoms with Crippen LogP contribution in [0.2, 0.25) is 0 Å². The van der Waals surface area contributed by atoms with E-state index < -0.39 is 0 Å². The van der Waals surface area contributed by atoms with Crippen molar-refractivity contribution in [3.8, 4) is 0 Å². The number of nitrogens with zero attached hydrogens (tertiary/aromatic N) is 2. The third-order valence-electron chi connectivity index (χ3n) is 12.8. The minimum absolute atomic E-state index is 0.0822. The molecule has 0 bridgehead atoms. The van der Waals surface area contributed by atoms with E-state index in [0.717, 1.165) is 24.0 Å². The van der Waals surface area contributed by atoms with Gasteiger partial charge in [-0.3, -0.25) is 9.59 Å². The van der Waals surface area contributed by atoms with Crippen molar-refractivity contribution in [1.82, 2.24) is 9.80 Å². The Kier molecular flexibility index (Phi) is 9.84. The minimum atomic E-state index is -0.355. The van der Waals surface area contributed by atoms with E-state index in [9.17, 15) is 19.2 Å². The molecule has 7 rings (SSSR count). The molecule has 0 aromatic heterocycles. The van der Waals surface area contributed by atoms with Crippen LogP contribution in [0.5, 0.6) is 0 Å². The lowest BCUT2D eigenvalue weighted by molar-refractivity contribution is 0.0592. The summed E-state index contributed by atoms with van der Waals surface area (Å²) in [5.74, 6) is -0.874. The summed E-state index contributed by atoms with van der Waals surface area (Å²) in [4.78, 5) is 56.1. The Bertz CT molecular complexity index is 2080. The summed E-state index contributed by atoms with van der Waals surface area (Å²) < 4.78 is 9.76. The zero-order chi connectivity index (χ0) is 40.2. The van der Waals surface area contributed by atoms with Crippen LogP contribution >= 0.6 is 0 Å². The molecule has 0 radical (unpaired) electrons. The predicted molar refractivity (Wildman–Crippen MR) is 219 cm³/mol. The van der Waals surface area contributed by atoms with Gasteiger partial charge in [0.25, 0.3) is 11.8 Å². The first kappa shape index (κ1) is 38.8. The van der Waals surface area contributed by atoms with E-state index in [-0.39, 0.29) is 45.4 Å². The summed E-state index contributed by atoms with van der Waals surface area (Å²) in [6.07, 6.45) is 10.5. The highest BCUT2D eigenvalue weighted by Gasteiger charge is 2.48. The number of methoxy groups -OCH3 is 2. The molecule has 0 fully saturated rings. The zero-order valence-corrected chi connectivity index (χ0v) is 33.8. The molecule has 2 heterocycles. The molecule has 2 amide bonds. The lowest BCUT2D eigenvalue weighted by Gasteiger charge is -2.50. The van der Waals surface area contributed by atoms with Crippen LogP contribution in [0.1, 0.15) is 107 Å². The van der Waals surface area contributed by atoms with Gasteiger partial charge in [-0.25, -0.2) is 9.59 Å². The molecule has 0 N–H and O–H groups in total. The van der Waals surface area contributed by atoms with Gasteiger partial charge in [0, 0.05) is 59.0 Å². The fourth-order valence-electron chi connectivity index (χ4n) is 10.1. The van der Waals surface area contributed by atoms with E-state index >= 15 is 0 Å². The van der Waals surface area contributed by atoms with Crippen molar-refractivity contribution in [1.29, 1.82) is 0 Å². The first-order valence-electron chi connectivity index (χ1n) is 19.4. The van der Waals surface area contributed by atoms with Gasteiger partial charge in [0.2, 0.25) is 0 Å². The number of ether oxygens (including phenoxy) is 2. The van der Waals surface area contributed by atoms with Gasteiger partial charge in [0.05, 0.1) is 25.3 Å². The third-order valence-corrected chi connectivity index (χ3v) is 12.8. The smallest absolute Gasteiger partial charge is 0.337 e. The molecule has 8 nitrogen and oxygen atoms in total. The highest BCUT2D eigenvalue weighted by Crippen LogP contribution is 2.57. The molecule has 2 atom stereocenters. The van der Waals surface area contributed by atoms with E-state index in [2.05, 4.69) is 65.8 Å². The van der Waals surface area contributed by atoms with E-state index in [1.807, 2.05) is 52.3 Å². The fourth-order valence-corrected chi connectivity index (χ4v) is 10.1. The summed E-state index contributed by atoms with van der Waals surface area (Å²) in [7, 11) is 2.77. The van der Waals surface area contributed by atoms with Crippen LogP contribution < -0.4 is 0 Å². The second-order valence-electron chi connectivity index (χ2n) is 17.3. The van der Waals surface area contributed by atoms with Crippen LogP contribution in [0.3, 0.4) is 0 Å². The number of fused-ring (bicyclic) bond motifs is 2. The Morgan fingerprint density at radius 1 is 0.518 bits per heavy atom. The van der Waals surface area contributed by atoms with Crippen molar-refractivity contribution in [2.45, 2.75) is 54.4 Å². The van der Waals surface area contributed by atoms with Crippen LogP contribution in [-0.2, 0) is 9.47 Å². The van der Waals surface area contributed by atoms with Crippen LogP contribution in [0.25, 0.3) is 11.1 Å². The van der Waals surface area contributed by atoms with Crippen LogP contribution in [0.15, 0.2) is 108 Å². The number of hydrogen-bond acceptors (Lipinski definition) is 6. The number of allylic oxidation sites excluding steroid dienone is 4. The van der Waals surface area contributed by atoms with Crippen molar-refractivity contribution in [3.63, 3.8) is 0 Å². The van der Waals surface area contributed by atoms with Gasteiger partial charge in [0.15, 0.2) is 0 Å². The Labute approximate surface area is 330 Å². The molecule has 2 aliphatic carbocycles. The number of carbonyl (C=O) groups excluding carboxylic acids is 4. The number of esters is 2. The largest absolute Gasteiger partial charge is 0.465 e. The first-order valence-corrected chi connectivity index (χ1v) is 19.4. The second kappa shape index (κ2) is 14.2. The second-order valence-corrected chi connectivity index (χ2v) is 17.3. The molecule has 3 aromatic rings. The molecule has 0 spiro atoms. The van der Waals surface area contributed by atoms with Crippen LogP contribution in [-0.4, -0.2) is 74.0 Å². The van der Waals surface area contributed by atoms with Gasteiger partial charge in [-0.05, 0) is 77.6 Å². The highest BCUT2D eigenvalue weighted by molar-refractivity contribution is 6.00. The van der Waals surface area contributed by atoms with Crippen molar-refractivity contribution in [2.24, 2.45) is 21.7 Å². The molecule has 290 valence electrons. The highest BCUT2D eigenvalue weighted by atomic mass is 16.5. The lowest BCUT2D eigenvalue weighted by Crippen LogP contribution is -2.49. The van der Waals surface area contributed by atoms with Gasteiger partial charge in [-0.1, -0.05) is 107 Å². The van der Waals surface area contributed by atoms with E-state index in [1.54, 1.807) is 30.3 Å². The molecule has 0 saturated heterocycles. The summed E-state index contributed by atoms with van der Waals surface area (Å²) in [5, 5.41) is 0. The van der Waals surface area contributed by atoms with Gasteiger partial charge in [-0.15, -0.1) is 0 Å². The molecule has 4 aliphatic rings. The zero-order valence-electron chi connectivity index (χ0n) is 33.8. The van der Waals surface area contributed by atoms with Gasteiger partial charge in [-0.2, -0.15) is 0 Å². The van der Waals surface area contributed by atoms with Crippen molar-refractivity contribution in [2.75, 3.05) is 40.4 Å². The summed E-state index contributed by atoms with van der Waals surface area (Å²) in [5.41, 5.74) is 8.18. The molecule has 8 heteroatoms.